The van der Waals surface area contributed by atoms with Crippen molar-refractivity contribution in [1.29, 1.82) is 0 Å². The molecule has 0 N–H and O–H groups in total. The van der Waals surface area contributed by atoms with E-state index in [1.165, 1.54) is 6.07 Å². The summed E-state index contributed by atoms with van der Waals surface area (Å²) in [6.45, 7) is 1.95. The van der Waals surface area contributed by atoms with Gasteiger partial charge in [-0.3, -0.25) is 10.1 Å². The second-order valence-electron chi connectivity index (χ2n) is 2.88. The van der Waals surface area contributed by atoms with Gasteiger partial charge in [0.2, 0.25) is 0 Å². The Hall–Kier alpha value is -0.610. The number of hydrogen-bond acceptors (Lipinski definition) is 5. The summed E-state index contributed by atoms with van der Waals surface area (Å²) in [5, 5.41) is 10.8. The molecule has 0 fully saturated rings. The molecular weight excluding hydrogens is 385 g/mol. The summed E-state index contributed by atoms with van der Waals surface area (Å²) in [4.78, 5) is 9.73. The van der Waals surface area contributed by atoms with Gasteiger partial charge in [-0.05, 0) is 29.5 Å². The molecular formula is C8H7ClINO5S. The third kappa shape index (κ3) is 3.42. The van der Waals surface area contributed by atoms with Crippen LogP contribution in [0.2, 0.25) is 0 Å². The van der Waals surface area contributed by atoms with Crippen molar-refractivity contribution in [3.05, 3.63) is 25.8 Å². The molecule has 9 heteroatoms. The van der Waals surface area contributed by atoms with Crippen LogP contribution in [0.1, 0.15) is 6.92 Å². The molecule has 0 aromatic heterocycles. The number of halogens is 2. The highest BCUT2D eigenvalue weighted by atomic mass is 127. The third-order valence-electron chi connectivity index (χ3n) is 1.77. The average molecular weight is 392 g/mol. The van der Waals surface area contributed by atoms with Crippen LogP contribution in [0.15, 0.2) is 17.0 Å². The molecule has 0 amide bonds. The third-order valence-corrected chi connectivity index (χ3v) is 4.19. The molecule has 0 saturated carbocycles. The smallest absolute Gasteiger partial charge is 0.287 e. The van der Waals surface area contributed by atoms with Gasteiger partial charge in [-0.15, -0.1) is 0 Å². The SMILES string of the molecule is CCOc1cc(S(=O)(=O)Cl)cc([N+](=O)[O-])c1I. The van der Waals surface area contributed by atoms with Crippen LogP contribution in [0.3, 0.4) is 0 Å². The lowest BCUT2D eigenvalue weighted by Gasteiger charge is -2.07. The first kappa shape index (κ1) is 14.5. The van der Waals surface area contributed by atoms with Gasteiger partial charge >= 0.3 is 0 Å². The first-order chi connectivity index (χ1) is 7.77. The Morgan fingerprint density at radius 3 is 2.53 bits per heavy atom. The van der Waals surface area contributed by atoms with Crippen LogP contribution in [-0.2, 0) is 9.05 Å². The van der Waals surface area contributed by atoms with E-state index in [-0.39, 0.29) is 26.5 Å². The van der Waals surface area contributed by atoms with Crippen LogP contribution in [0.4, 0.5) is 5.69 Å². The summed E-state index contributed by atoms with van der Waals surface area (Å²) in [6, 6.07) is 2.08. The summed E-state index contributed by atoms with van der Waals surface area (Å²) < 4.78 is 27.7. The minimum atomic E-state index is -4.03. The van der Waals surface area contributed by atoms with E-state index < -0.39 is 14.0 Å². The standard InChI is InChI=1S/C8H7ClINO5S/c1-2-16-7-4-5(17(9,14)15)3-6(8(7)10)11(12)13/h3-4H,2H2,1H3. The van der Waals surface area contributed by atoms with Crippen LogP contribution in [0.5, 0.6) is 5.75 Å². The van der Waals surface area contributed by atoms with E-state index in [0.29, 0.717) is 0 Å². The monoisotopic (exact) mass is 391 g/mol. The lowest BCUT2D eigenvalue weighted by molar-refractivity contribution is -0.386. The quantitative estimate of drug-likeness (QED) is 0.341. The van der Waals surface area contributed by atoms with Gasteiger partial charge in [0.05, 0.1) is 16.4 Å². The molecule has 0 atom stereocenters. The van der Waals surface area contributed by atoms with Crippen molar-refractivity contribution in [2.24, 2.45) is 0 Å². The van der Waals surface area contributed by atoms with E-state index in [4.69, 9.17) is 15.4 Å². The Labute approximate surface area is 116 Å². The van der Waals surface area contributed by atoms with Gasteiger partial charge in [0.15, 0.2) is 0 Å². The number of benzene rings is 1. The van der Waals surface area contributed by atoms with E-state index >= 15 is 0 Å². The largest absolute Gasteiger partial charge is 0.492 e. The minimum Gasteiger partial charge on any atom is -0.492 e. The number of ether oxygens (including phenoxy) is 1. The predicted molar refractivity (Wildman–Crippen MR) is 70.0 cm³/mol. The van der Waals surface area contributed by atoms with Gasteiger partial charge in [-0.25, -0.2) is 8.42 Å². The van der Waals surface area contributed by atoms with Gasteiger partial charge in [0.1, 0.15) is 9.32 Å². The van der Waals surface area contributed by atoms with Gasteiger partial charge < -0.3 is 4.74 Å². The first-order valence-corrected chi connectivity index (χ1v) is 7.71. The van der Waals surface area contributed by atoms with Crippen molar-refractivity contribution in [2.75, 3.05) is 6.61 Å². The van der Waals surface area contributed by atoms with Crippen LogP contribution in [0, 0.1) is 13.7 Å². The molecule has 0 unspecified atom stereocenters. The summed E-state index contributed by atoms with van der Waals surface area (Å²) in [6.07, 6.45) is 0. The highest BCUT2D eigenvalue weighted by Gasteiger charge is 2.23. The van der Waals surface area contributed by atoms with Crippen molar-refractivity contribution in [2.45, 2.75) is 11.8 Å². The molecule has 94 valence electrons. The molecule has 0 aliphatic carbocycles. The van der Waals surface area contributed by atoms with Gasteiger partial charge in [0.25, 0.3) is 14.7 Å². The Balaban J connectivity index is 3.53. The average Bonchev–Trinajstić information content (AvgIpc) is 2.19. The fourth-order valence-electron chi connectivity index (χ4n) is 1.09. The summed E-state index contributed by atoms with van der Waals surface area (Å²) in [5.41, 5.74) is -0.351. The fourth-order valence-corrected chi connectivity index (χ4v) is 2.52. The summed E-state index contributed by atoms with van der Waals surface area (Å²) >= 11 is 1.72. The maximum Gasteiger partial charge on any atom is 0.287 e. The molecule has 0 aliphatic heterocycles. The van der Waals surface area contributed by atoms with Crippen LogP contribution in [0.25, 0.3) is 0 Å². The zero-order valence-corrected chi connectivity index (χ0v) is 12.2. The first-order valence-electron chi connectivity index (χ1n) is 4.32. The van der Waals surface area contributed by atoms with Crippen LogP contribution >= 0.6 is 33.3 Å². The number of nitro groups is 1. The summed E-state index contributed by atoms with van der Waals surface area (Å²) in [5.74, 6) is 0.126. The topological polar surface area (TPSA) is 86.5 Å². The second kappa shape index (κ2) is 5.36. The Bertz CT molecular complexity index is 559. The molecule has 1 aromatic carbocycles. The molecule has 17 heavy (non-hydrogen) atoms. The van der Waals surface area contributed by atoms with Gasteiger partial charge in [0, 0.05) is 22.8 Å². The van der Waals surface area contributed by atoms with E-state index in [1.807, 2.05) is 0 Å². The predicted octanol–water partition coefficient (Wildman–Crippen LogP) is 2.53. The normalized spacial score (nSPS) is 11.2. The second-order valence-corrected chi connectivity index (χ2v) is 6.53. The fraction of sp³-hybridized carbons (Fsp3) is 0.250. The highest BCUT2D eigenvalue weighted by molar-refractivity contribution is 14.1. The van der Waals surface area contributed by atoms with Crippen molar-refractivity contribution >= 4 is 48.0 Å². The molecule has 1 aromatic rings. The Kier molecular flexibility index (Phi) is 4.55. The van der Waals surface area contributed by atoms with E-state index in [9.17, 15) is 18.5 Å². The van der Waals surface area contributed by atoms with Crippen molar-refractivity contribution in [3.63, 3.8) is 0 Å². The van der Waals surface area contributed by atoms with E-state index in [2.05, 4.69) is 0 Å². The van der Waals surface area contributed by atoms with Gasteiger partial charge in [-0.2, -0.15) is 0 Å². The molecule has 0 spiro atoms. The lowest BCUT2D eigenvalue weighted by Crippen LogP contribution is -2.01. The molecule has 0 heterocycles. The molecule has 0 bridgehead atoms. The van der Waals surface area contributed by atoms with E-state index in [0.717, 1.165) is 6.07 Å². The molecule has 6 nitrogen and oxygen atoms in total. The number of rotatable bonds is 4. The van der Waals surface area contributed by atoms with Gasteiger partial charge in [-0.1, -0.05) is 0 Å². The minimum absolute atomic E-state index is 0.126. The molecule has 0 saturated heterocycles. The van der Waals surface area contributed by atoms with E-state index in [1.54, 1.807) is 29.5 Å². The molecule has 0 aliphatic rings. The van der Waals surface area contributed by atoms with Crippen LogP contribution < -0.4 is 4.74 Å². The van der Waals surface area contributed by atoms with Crippen molar-refractivity contribution < 1.29 is 18.1 Å². The number of hydrogen-bond donors (Lipinski definition) is 0. The zero-order valence-electron chi connectivity index (χ0n) is 8.51. The zero-order chi connectivity index (χ0) is 13.2. The molecule has 1 rings (SSSR count). The van der Waals surface area contributed by atoms with Crippen molar-refractivity contribution in [3.8, 4) is 5.75 Å². The highest BCUT2D eigenvalue weighted by Crippen LogP contribution is 2.34. The maximum atomic E-state index is 11.2. The van der Waals surface area contributed by atoms with Crippen molar-refractivity contribution in [1.82, 2.24) is 0 Å². The number of nitro benzene ring substituents is 1. The summed E-state index contributed by atoms with van der Waals surface area (Å²) in [7, 11) is 1.12. The number of nitrogens with zero attached hydrogens (tertiary/aromatic N) is 1. The Morgan fingerprint density at radius 1 is 1.53 bits per heavy atom. The lowest BCUT2D eigenvalue weighted by atomic mass is 10.3. The van der Waals surface area contributed by atoms with Crippen LogP contribution in [-0.4, -0.2) is 19.9 Å². The maximum absolute atomic E-state index is 11.2. The molecule has 0 radical (unpaired) electrons. The Morgan fingerprint density at radius 2 is 2.12 bits per heavy atom.